The van der Waals surface area contributed by atoms with Gasteiger partial charge in [0.05, 0.1) is 24.4 Å². The average molecular weight is 231 g/mol. The molecule has 0 spiro atoms. The molecule has 0 aliphatic carbocycles. The largest absolute Gasteiger partial charge is 0.392 e. The van der Waals surface area contributed by atoms with Crippen LogP contribution in [0.25, 0.3) is 0 Å². The van der Waals surface area contributed by atoms with Crippen molar-refractivity contribution in [2.45, 2.75) is 50.9 Å². The number of hydrogen-bond acceptors (Lipinski definition) is 4. The monoisotopic (exact) mass is 231 g/mol. The maximum atomic E-state index is 9.80. The van der Waals surface area contributed by atoms with E-state index in [-0.39, 0.29) is 17.8 Å². The van der Waals surface area contributed by atoms with E-state index in [0.29, 0.717) is 13.2 Å². The molecule has 1 aliphatic heterocycles. The van der Waals surface area contributed by atoms with Crippen molar-refractivity contribution in [1.82, 2.24) is 5.32 Å². The number of rotatable bonds is 7. The molecule has 2 atom stereocenters. The van der Waals surface area contributed by atoms with E-state index >= 15 is 0 Å². The summed E-state index contributed by atoms with van der Waals surface area (Å²) in [5.74, 6) is 0. The average Bonchev–Trinajstić information content (AvgIpc) is 2.53. The van der Waals surface area contributed by atoms with Gasteiger partial charge in [0.1, 0.15) is 0 Å². The molecule has 0 aromatic carbocycles. The highest BCUT2D eigenvalue weighted by Gasteiger charge is 2.32. The van der Waals surface area contributed by atoms with Crippen molar-refractivity contribution < 1.29 is 14.6 Å². The van der Waals surface area contributed by atoms with Crippen LogP contribution in [-0.2, 0) is 9.47 Å². The summed E-state index contributed by atoms with van der Waals surface area (Å²) in [5.41, 5.74) is -0.00609. The fraction of sp³-hybridized carbons (Fsp3) is 1.00. The predicted molar refractivity (Wildman–Crippen MR) is 63.6 cm³/mol. The molecule has 2 unspecified atom stereocenters. The SMILES string of the molecule is COCCNCC(O)CC1CCC(C)(C)O1. The van der Waals surface area contributed by atoms with Gasteiger partial charge in [-0.1, -0.05) is 0 Å². The molecule has 0 bridgehead atoms. The molecule has 16 heavy (non-hydrogen) atoms. The number of aliphatic hydroxyl groups excluding tert-OH is 1. The van der Waals surface area contributed by atoms with Gasteiger partial charge in [-0.2, -0.15) is 0 Å². The van der Waals surface area contributed by atoms with E-state index in [0.717, 1.165) is 25.8 Å². The van der Waals surface area contributed by atoms with E-state index in [1.165, 1.54) is 0 Å². The quantitative estimate of drug-likeness (QED) is 0.640. The van der Waals surface area contributed by atoms with E-state index in [1.807, 2.05) is 0 Å². The van der Waals surface area contributed by atoms with Crippen molar-refractivity contribution in [3.63, 3.8) is 0 Å². The van der Waals surface area contributed by atoms with Gasteiger partial charge in [-0.25, -0.2) is 0 Å². The summed E-state index contributed by atoms with van der Waals surface area (Å²) in [4.78, 5) is 0. The van der Waals surface area contributed by atoms with Crippen LogP contribution >= 0.6 is 0 Å². The summed E-state index contributed by atoms with van der Waals surface area (Å²) in [6.45, 7) is 6.29. The molecule has 2 N–H and O–H groups in total. The van der Waals surface area contributed by atoms with Gasteiger partial charge in [-0.15, -0.1) is 0 Å². The van der Waals surface area contributed by atoms with Crippen LogP contribution in [0.1, 0.15) is 33.1 Å². The lowest BCUT2D eigenvalue weighted by atomic mass is 10.0. The van der Waals surface area contributed by atoms with Gasteiger partial charge >= 0.3 is 0 Å². The van der Waals surface area contributed by atoms with Crippen molar-refractivity contribution in [3.05, 3.63) is 0 Å². The molecule has 0 amide bonds. The molecule has 0 radical (unpaired) electrons. The van der Waals surface area contributed by atoms with E-state index in [1.54, 1.807) is 7.11 Å². The third-order valence-electron chi connectivity index (χ3n) is 2.95. The van der Waals surface area contributed by atoms with Crippen LogP contribution in [0.3, 0.4) is 0 Å². The molecule has 0 saturated carbocycles. The molecule has 1 aliphatic rings. The number of hydrogen-bond donors (Lipinski definition) is 2. The minimum absolute atomic E-state index is 0.00609. The van der Waals surface area contributed by atoms with Gasteiger partial charge in [0.2, 0.25) is 0 Å². The van der Waals surface area contributed by atoms with Crippen LogP contribution in [0.4, 0.5) is 0 Å². The van der Waals surface area contributed by atoms with Gasteiger partial charge in [0, 0.05) is 26.6 Å². The first-order chi connectivity index (χ1) is 7.53. The van der Waals surface area contributed by atoms with E-state index in [4.69, 9.17) is 9.47 Å². The van der Waals surface area contributed by atoms with Crippen LogP contribution in [-0.4, -0.2) is 49.7 Å². The van der Waals surface area contributed by atoms with Crippen LogP contribution in [0.5, 0.6) is 0 Å². The molecule has 1 saturated heterocycles. The zero-order chi connectivity index (χ0) is 12.0. The first kappa shape index (κ1) is 13.9. The number of aliphatic hydroxyl groups is 1. The summed E-state index contributed by atoms with van der Waals surface area (Å²) in [7, 11) is 1.67. The molecule has 96 valence electrons. The summed E-state index contributed by atoms with van der Waals surface area (Å²) >= 11 is 0. The lowest BCUT2D eigenvalue weighted by molar-refractivity contribution is -0.0343. The Balaban J connectivity index is 2.08. The topological polar surface area (TPSA) is 50.7 Å². The fourth-order valence-electron chi connectivity index (χ4n) is 2.07. The minimum Gasteiger partial charge on any atom is -0.392 e. The molecule has 0 aromatic rings. The summed E-state index contributed by atoms with van der Waals surface area (Å²) in [6.07, 6.45) is 2.76. The second kappa shape index (κ2) is 6.55. The zero-order valence-electron chi connectivity index (χ0n) is 10.7. The maximum Gasteiger partial charge on any atom is 0.0689 e. The number of methoxy groups -OCH3 is 1. The Hall–Kier alpha value is -0.160. The van der Waals surface area contributed by atoms with Gasteiger partial charge in [-0.05, 0) is 26.7 Å². The standard InChI is InChI=1S/C12H25NO3/c1-12(2)5-4-11(16-12)8-10(14)9-13-6-7-15-3/h10-11,13-14H,4-9H2,1-3H3. The van der Waals surface area contributed by atoms with Crippen molar-refractivity contribution in [1.29, 1.82) is 0 Å². The van der Waals surface area contributed by atoms with Crippen LogP contribution in [0.2, 0.25) is 0 Å². The fourth-order valence-corrected chi connectivity index (χ4v) is 2.07. The molecule has 1 rings (SSSR count). The summed E-state index contributed by atoms with van der Waals surface area (Å²) in [5, 5.41) is 12.9. The maximum absolute atomic E-state index is 9.80. The Kier molecular flexibility index (Phi) is 5.69. The highest BCUT2D eigenvalue weighted by molar-refractivity contribution is 4.82. The highest BCUT2D eigenvalue weighted by atomic mass is 16.5. The Morgan fingerprint density at radius 2 is 2.31 bits per heavy atom. The van der Waals surface area contributed by atoms with Gasteiger partial charge < -0.3 is 19.9 Å². The van der Waals surface area contributed by atoms with E-state index < -0.39 is 0 Å². The van der Waals surface area contributed by atoms with Crippen LogP contribution in [0.15, 0.2) is 0 Å². The van der Waals surface area contributed by atoms with Gasteiger partial charge in [0.15, 0.2) is 0 Å². The Bertz CT molecular complexity index is 197. The lowest BCUT2D eigenvalue weighted by Crippen LogP contribution is -2.32. The first-order valence-corrected chi connectivity index (χ1v) is 6.09. The van der Waals surface area contributed by atoms with Gasteiger partial charge in [0.25, 0.3) is 0 Å². The van der Waals surface area contributed by atoms with E-state index in [2.05, 4.69) is 19.2 Å². The molecule has 1 heterocycles. The molecule has 4 heteroatoms. The molecule has 1 fully saturated rings. The van der Waals surface area contributed by atoms with Gasteiger partial charge in [-0.3, -0.25) is 0 Å². The summed E-state index contributed by atoms with van der Waals surface area (Å²) in [6, 6.07) is 0. The van der Waals surface area contributed by atoms with Crippen molar-refractivity contribution in [2.75, 3.05) is 26.8 Å². The molecular formula is C12H25NO3. The van der Waals surface area contributed by atoms with Crippen molar-refractivity contribution >= 4 is 0 Å². The number of ether oxygens (including phenoxy) is 2. The zero-order valence-corrected chi connectivity index (χ0v) is 10.7. The van der Waals surface area contributed by atoms with Crippen LogP contribution < -0.4 is 5.32 Å². The van der Waals surface area contributed by atoms with Crippen molar-refractivity contribution in [2.24, 2.45) is 0 Å². The number of nitrogens with one attached hydrogen (secondary N) is 1. The summed E-state index contributed by atoms with van der Waals surface area (Å²) < 4.78 is 10.7. The Morgan fingerprint density at radius 3 is 2.88 bits per heavy atom. The third-order valence-corrected chi connectivity index (χ3v) is 2.95. The third kappa shape index (κ3) is 5.25. The predicted octanol–water partition coefficient (Wildman–Crippen LogP) is 0.931. The minimum atomic E-state index is -0.323. The van der Waals surface area contributed by atoms with Crippen LogP contribution in [0, 0.1) is 0 Å². The highest BCUT2D eigenvalue weighted by Crippen LogP contribution is 2.31. The second-order valence-corrected chi connectivity index (χ2v) is 5.12. The van der Waals surface area contributed by atoms with E-state index in [9.17, 15) is 5.11 Å². The second-order valence-electron chi connectivity index (χ2n) is 5.12. The normalized spacial score (nSPS) is 25.9. The molecular weight excluding hydrogens is 206 g/mol. The molecule has 0 aromatic heterocycles. The van der Waals surface area contributed by atoms with Crippen molar-refractivity contribution in [3.8, 4) is 0 Å². The molecule has 4 nitrogen and oxygen atoms in total. The smallest absolute Gasteiger partial charge is 0.0689 e. The Labute approximate surface area is 98.3 Å². The lowest BCUT2D eigenvalue weighted by Gasteiger charge is -2.21. The first-order valence-electron chi connectivity index (χ1n) is 6.09. The Morgan fingerprint density at radius 1 is 1.56 bits per heavy atom.